The number of halogens is 1. The summed E-state index contributed by atoms with van der Waals surface area (Å²) in [6.07, 6.45) is 0.291. The molecule has 0 aliphatic heterocycles. The minimum absolute atomic E-state index is 0.0184. The molecule has 630 valence electrons. The lowest BCUT2D eigenvalue weighted by Gasteiger charge is -2.25. The molecule has 0 bridgehead atoms. The van der Waals surface area contributed by atoms with Crippen molar-refractivity contribution in [2.24, 2.45) is 16.8 Å². The van der Waals surface area contributed by atoms with E-state index in [0.717, 1.165) is 15.8 Å². The van der Waals surface area contributed by atoms with E-state index in [1.165, 1.54) is 46.8 Å². The Balaban J connectivity index is 0.763. The van der Waals surface area contributed by atoms with E-state index in [4.69, 9.17) is 77.6 Å². The van der Waals surface area contributed by atoms with Gasteiger partial charge in [0.1, 0.15) is 18.7 Å². The predicted molar refractivity (Wildman–Crippen MR) is 426 cm³/mol. The molecule has 8 N–H and O–H groups in total. The lowest BCUT2D eigenvalue weighted by molar-refractivity contribution is -0.132. The van der Waals surface area contributed by atoms with Crippen LogP contribution in [0, 0.1) is 30.5 Å². The molecule has 0 aliphatic rings. The van der Waals surface area contributed by atoms with E-state index in [1.54, 1.807) is 56.1 Å². The van der Waals surface area contributed by atoms with Crippen LogP contribution < -0.4 is 42.0 Å². The van der Waals surface area contributed by atoms with E-state index < -0.39 is 53.7 Å². The van der Waals surface area contributed by atoms with E-state index >= 15 is 4.39 Å². The van der Waals surface area contributed by atoms with Gasteiger partial charge in [0.05, 0.1) is 182 Å². The summed E-state index contributed by atoms with van der Waals surface area (Å²) in [6, 6.07) is 17.5. The van der Waals surface area contributed by atoms with E-state index in [1.807, 2.05) is 37.3 Å². The third-order valence-electron chi connectivity index (χ3n) is 16.0. The molecule has 6 aromatic rings. The number of anilines is 5. The molecule has 3 aromatic carbocycles. The number of primary amides is 1. The number of hydrogen-bond acceptors (Lipinski definition) is 29. The Morgan fingerprint density at radius 1 is 0.670 bits per heavy atom. The van der Waals surface area contributed by atoms with Gasteiger partial charge in [0, 0.05) is 54.6 Å². The normalized spacial score (nSPS) is 11.6. The molecule has 0 aliphatic carbocycles. The van der Waals surface area contributed by atoms with Gasteiger partial charge in [0.2, 0.25) is 17.7 Å². The Morgan fingerprint density at radius 3 is 1.77 bits per heavy atom. The van der Waals surface area contributed by atoms with Gasteiger partial charge in [-0.05, 0) is 104 Å². The maximum absolute atomic E-state index is 15.2. The van der Waals surface area contributed by atoms with Crippen LogP contribution in [0.4, 0.5) is 41.6 Å². The number of rotatable bonds is 62. The molecule has 36 nitrogen and oxygen atoms in total. The van der Waals surface area contributed by atoms with Crippen molar-refractivity contribution in [3.63, 3.8) is 0 Å². The fraction of sp³-hybridized carbons (Fsp3) is 0.553. The van der Waals surface area contributed by atoms with E-state index in [9.17, 15) is 33.9 Å². The minimum Gasteiger partial charge on any atom is -0.491 e. The molecule has 0 radical (unpaired) electrons. The molecule has 0 spiro atoms. The number of nitrogens with zero attached hydrogens (tertiary/aromatic N) is 9. The van der Waals surface area contributed by atoms with Gasteiger partial charge in [-0.2, -0.15) is 0 Å². The maximum atomic E-state index is 15.2. The number of carboxylic acids is 1. The quantitative estimate of drug-likeness (QED) is 0.00630. The Kier molecular flexibility index (Phi) is 46.4. The van der Waals surface area contributed by atoms with Gasteiger partial charge in [0.15, 0.2) is 39.2 Å². The number of benzene rings is 3. The lowest BCUT2D eigenvalue weighted by Crippen LogP contribution is -2.54. The standard InChI is InChI=1S/C76H106FN15O21S2/c1-54(2)67(85-66(93)22-27-100-29-31-102-33-35-104-37-39-106-41-43-108-45-47-110-49-50-111-48-46-109-44-42-107-40-38-105-36-34-103-32-30-101-28-24-81-90-79)71(95)83-61(13-8-23-80-73(78)98)70(94)82-58-19-16-57(17-20-58)53-113-76(99)91(4)25-9-11-56-18-21-62(59(77)52-56)112-26-10-15-64-68(72(96)97)86-75(115-64)92(5)65-51-55(3)69(89-88-65)87-74-84-60-12-6-7-14-63(60)114-74/h6-7,12,14,16-21,51-52,54,61,67H,8,10,13,15,22-50,53H2,1-5H3,(H,82,94)(H,83,95)(H,85,93)(H,96,97)(H3,78,80,98)(H,84,87,89)/t61-,67-/m0/s1. The highest BCUT2D eigenvalue weighted by molar-refractivity contribution is 7.22. The number of thiazole rings is 2. The molecular formula is C76H106FN15O21S2. The van der Waals surface area contributed by atoms with Crippen molar-refractivity contribution in [1.29, 1.82) is 0 Å². The van der Waals surface area contributed by atoms with Crippen molar-refractivity contribution in [2.45, 2.75) is 71.6 Å². The molecule has 115 heavy (non-hydrogen) atoms. The summed E-state index contributed by atoms with van der Waals surface area (Å²) in [4.78, 5) is 92.1. The Morgan fingerprint density at radius 2 is 1.23 bits per heavy atom. The average Bonchev–Trinajstić information content (AvgIpc) is 1.73. The third kappa shape index (κ3) is 39.1. The van der Waals surface area contributed by atoms with Crippen molar-refractivity contribution in [3.05, 3.63) is 116 Å². The van der Waals surface area contributed by atoms with Gasteiger partial charge < -0.3 is 114 Å². The molecule has 3 heterocycles. The molecule has 3 aromatic heterocycles. The number of azide groups is 1. The molecule has 39 heteroatoms. The summed E-state index contributed by atoms with van der Waals surface area (Å²) >= 11 is 2.70. The second kappa shape index (κ2) is 56.6. The van der Waals surface area contributed by atoms with Gasteiger partial charge in [-0.3, -0.25) is 14.4 Å². The zero-order valence-corrected chi connectivity index (χ0v) is 67.2. The molecule has 2 atom stereocenters. The molecule has 0 unspecified atom stereocenters. The summed E-state index contributed by atoms with van der Waals surface area (Å²) in [6.45, 7) is 15.1. The van der Waals surface area contributed by atoms with Crippen molar-refractivity contribution in [2.75, 3.05) is 214 Å². The monoisotopic (exact) mass is 1650 g/mol. The SMILES string of the molecule is Cc1cc(N(C)c2nc(C(=O)O)c(CCCOc3ccc(C#CCN(C)C(=O)OCc4ccc(NC(=O)[C@H](CCCNC(N)=O)NC(=O)[C@@H](NC(=O)CCOCCOCCOCCOCCOCCOCCOCCOCCOCCOCCOCCOCCN=[N+]=[N-])C(C)C)cc4)cc3F)s2)nnc1Nc1nc2ccccc2s1. The summed E-state index contributed by atoms with van der Waals surface area (Å²) in [5.41, 5.74) is 16.3. The maximum Gasteiger partial charge on any atom is 0.410 e. The first-order valence-corrected chi connectivity index (χ1v) is 39.2. The van der Waals surface area contributed by atoms with Crippen LogP contribution in [0.25, 0.3) is 20.7 Å². The van der Waals surface area contributed by atoms with Crippen molar-refractivity contribution >= 4 is 96.3 Å². The number of carbonyl (C=O) groups is 6. The van der Waals surface area contributed by atoms with Gasteiger partial charge in [0.25, 0.3) is 0 Å². The number of aromatic carboxylic acids is 1. The van der Waals surface area contributed by atoms with Crippen LogP contribution in [-0.4, -0.2) is 277 Å². The Hall–Kier alpha value is -9.60. The summed E-state index contributed by atoms with van der Waals surface area (Å²) in [5.74, 6) is 2.82. The number of aromatic nitrogens is 4. The molecule has 6 amide bonds. The zero-order chi connectivity index (χ0) is 82.5. The van der Waals surface area contributed by atoms with Gasteiger partial charge >= 0.3 is 18.1 Å². The molecule has 6 rings (SSSR count). The lowest BCUT2D eigenvalue weighted by atomic mass is 10.0. The number of carbonyl (C=O) groups excluding carboxylic acids is 5. The van der Waals surface area contributed by atoms with Crippen LogP contribution in [0.1, 0.15) is 71.6 Å². The number of fused-ring (bicyclic) bond motifs is 1. The number of amides is 6. The Labute approximate surface area is 675 Å². The van der Waals surface area contributed by atoms with E-state index in [-0.39, 0.29) is 82.7 Å². The average molecular weight is 1650 g/mol. The summed E-state index contributed by atoms with van der Waals surface area (Å²) in [7, 11) is 3.21. The number of urea groups is 1. The number of carboxylic acid groups (broad SMARTS) is 1. The van der Waals surface area contributed by atoms with Crippen molar-refractivity contribution in [1.82, 2.24) is 41.0 Å². The van der Waals surface area contributed by atoms with Gasteiger partial charge in [-0.25, -0.2) is 28.7 Å². The predicted octanol–water partition coefficient (Wildman–Crippen LogP) is 7.74. The zero-order valence-electron chi connectivity index (χ0n) is 65.6. The number of para-hydroxylation sites is 1. The van der Waals surface area contributed by atoms with Crippen LogP contribution >= 0.6 is 22.7 Å². The van der Waals surface area contributed by atoms with Crippen LogP contribution in [0.3, 0.4) is 0 Å². The first kappa shape index (κ1) is 94.3. The molecular weight excluding hydrogens is 1540 g/mol. The topological polar surface area (TPSA) is 445 Å². The largest absolute Gasteiger partial charge is 0.491 e. The molecule has 0 saturated heterocycles. The minimum atomic E-state index is -1.19. The first-order chi connectivity index (χ1) is 55.9. The van der Waals surface area contributed by atoms with Gasteiger partial charge in [-0.15, -0.1) is 21.5 Å². The fourth-order valence-corrected chi connectivity index (χ4v) is 11.9. The highest BCUT2D eigenvalue weighted by Crippen LogP contribution is 2.33. The summed E-state index contributed by atoms with van der Waals surface area (Å²) < 4.78 is 93.3. The van der Waals surface area contributed by atoms with Gasteiger partial charge in [-0.1, -0.05) is 66.4 Å². The fourth-order valence-electron chi connectivity index (χ4n) is 9.97. The van der Waals surface area contributed by atoms with Crippen molar-refractivity contribution in [3.8, 4) is 17.6 Å². The highest BCUT2D eigenvalue weighted by Gasteiger charge is 2.30. The van der Waals surface area contributed by atoms with Crippen LogP contribution in [0.5, 0.6) is 5.75 Å². The summed E-state index contributed by atoms with van der Waals surface area (Å²) in [5, 5.41) is 37.2. The number of aryl methyl sites for hydroxylation is 2. The number of nitrogens with two attached hydrogens (primary N) is 1. The van der Waals surface area contributed by atoms with E-state index in [0.29, 0.717) is 202 Å². The van der Waals surface area contributed by atoms with Crippen LogP contribution in [-0.2, 0) is 89.0 Å². The second-order valence-corrected chi connectivity index (χ2v) is 27.4. The van der Waals surface area contributed by atoms with E-state index in [2.05, 4.69) is 68.6 Å². The van der Waals surface area contributed by atoms with Crippen LogP contribution in [0.2, 0.25) is 0 Å². The second-order valence-electron chi connectivity index (χ2n) is 25.3. The molecule has 0 fully saturated rings. The first-order valence-electron chi connectivity index (χ1n) is 37.6. The highest BCUT2D eigenvalue weighted by atomic mass is 32.1. The smallest absolute Gasteiger partial charge is 0.410 e. The number of nitrogens with one attached hydrogen (secondary N) is 5. The van der Waals surface area contributed by atoms with Crippen LogP contribution in [0.15, 0.2) is 77.9 Å². The third-order valence-corrected chi connectivity index (χ3v) is 18.2. The number of ether oxygens (including phenoxy) is 14. The Bertz CT molecular complexity index is 3950. The molecule has 0 saturated carbocycles. The number of hydrogen-bond donors (Lipinski definition) is 7. The van der Waals surface area contributed by atoms with Crippen molar-refractivity contribution < 1.29 is 105 Å².